The number of Topliss-reactive ketones (excluding diaryl/α,β-unsaturated/α-hetero) is 1. The molecule has 0 spiro atoms. The molecule has 5 nitrogen and oxygen atoms in total. The van der Waals surface area contributed by atoms with Crippen LogP contribution in [0.4, 0.5) is 0 Å². The Morgan fingerprint density at radius 3 is 2.61 bits per heavy atom. The van der Waals surface area contributed by atoms with E-state index in [1.165, 1.54) is 24.8 Å². The van der Waals surface area contributed by atoms with Gasteiger partial charge in [0.25, 0.3) is 0 Å². The number of thioether (sulfide) groups is 1. The van der Waals surface area contributed by atoms with Crippen LogP contribution in [0, 0.1) is 13.8 Å². The topological polar surface area (TPSA) is 73.6 Å². The molecule has 0 atom stereocenters. The summed E-state index contributed by atoms with van der Waals surface area (Å²) in [5.41, 5.74) is 2.92. The fraction of sp³-hybridized carbons (Fsp3) is 0.227. The maximum absolute atomic E-state index is 12.6. The first-order valence-corrected chi connectivity index (χ1v) is 9.76. The minimum atomic E-state index is -0.503. The first kappa shape index (κ1) is 19.9. The third-order valence-electron chi connectivity index (χ3n) is 4.41. The Hall–Kier alpha value is -2.86. The maximum atomic E-state index is 12.6. The van der Waals surface area contributed by atoms with Gasteiger partial charge in [0, 0.05) is 21.9 Å². The first-order chi connectivity index (χ1) is 13.4. The molecule has 1 heterocycles. The van der Waals surface area contributed by atoms with Gasteiger partial charge in [-0.1, -0.05) is 24.3 Å². The Bertz CT molecular complexity index is 1110. The predicted molar refractivity (Wildman–Crippen MR) is 109 cm³/mol. The van der Waals surface area contributed by atoms with E-state index >= 15 is 0 Å². The number of esters is 1. The minimum absolute atomic E-state index is 0.0290. The van der Waals surface area contributed by atoms with Gasteiger partial charge in [-0.15, -0.1) is 11.8 Å². The fourth-order valence-corrected chi connectivity index (χ4v) is 3.65. The van der Waals surface area contributed by atoms with Crippen LogP contribution in [-0.4, -0.2) is 17.5 Å². The molecular weight excluding hydrogens is 376 g/mol. The Kier molecular flexibility index (Phi) is 5.99. The largest absolute Gasteiger partial charge is 0.457 e. The van der Waals surface area contributed by atoms with Gasteiger partial charge in [0.15, 0.2) is 0 Å². The van der Waals surface area contributed by atoms with Crippen molar-refractivity contribution >= 4 is 34.5 Å². The Morgan fingerprint density at radius 1 is 1.11 bits per heavy atom. The molecule has 3 aromatic rings. The molecule has 0 amide bonds. The molecule has 144 valence electrons. The number of hydrogen-bond donors (Lipinski definition) is 0. The molecule has 0 radical (unpaired) electrons. The van der Waals surface area contributed by atoms with Crippen molar-refractivity contribution < 1.29 is 18.7 Å². The molecule has 0 aliphatic rings. The molecule has 3 rings (SSSR count). The van der Waals surface area contributed by atoms with Crippen molar-refractivity contribution in [1.29, 1.82) is 0 Å². The monoisotopic (exact) mass is 396 g/mol. The number of ether oxygens (including phenoxy) is 1. The van der Waals surface area contributed by atoms with Gasteiger partial charge in [0.05, 0.1) is 11.3 Å². The van der Waals surface area contributed by atoms with Crippen LogP contribution in [0.1, 0.15) is 34.0 Å². The number of ketones is 1. The summed E-state index contributed by atoms with van der Waals surface area (Å²) in [4.78, 5) is 36.5. The number of carbonyl (C=O) groups excluding carboxylic acids is 2. The summed E-state index contributed by atoms with van der Waals surface area (Å²) in [6.45, 7) is 5.29. The first-order valence-electron chi connectivity index (χ1n) is 8.78. The van der Waals surface area contributed by atoms with Gasteiger partial charge < -0.3 is 9.15 Å². The van der Waals surface area contributed by atoms with Gasteiger partial charge in [-0.05, 0) is 44.0 Å². The summed E-state index contributed by atoms with van der Waals surface area (Å²) >= 11 is 1.30. The highest BCUT2D eigenvalue weighted by atomic mass is 32.2. The summed E-state index contributed by atoms with van der Waals surface area (Å²) in [6, 6.07) is 12.1. The summed E-state index contributed by atoms with van der Waals surface area (Å²) in [7, 11) is 0. The SMILES string of the molecule is CC(=O)CSc1ccccc1C(=O)OCc1cc(=O)oc2c(C)c(C)ccc12. The molecule has 6 heteroatoms. The van der Waals surface area contributed by atoms with Gasteiger partial charge in [-0.2, -0.15) is 0 Å². The lowest BCUT2D eigenvalue weighted by atomic mass is 10.0. The van der Waals surface area contributed by atoms with E-state index in [0.717, 1.165) is 16.5 Å². The molecule has 2 aromatic carbocycles. The van der Waals surface area contributed by atoms with Crippen LogP contribution < -0.4 is 5.63 Å². The van der Waals surface area contributed by atoms with Crippen molar-refractivity contribution in [2.75, 3.05) is 5.75 Å². The third kappa shape index (κ3) is 4.34. The van der Waals surface area contributed by atoms with Crippen LogP contribution in [0.2, 0.25) is 0 Å². The van der Waals surface area contributed by atoms with Gasteiger partial charge in [0.2, 0.25) is 0 Å². The van der Waals surface area contributed by atoms with Crippen molar-refractivity contribution in [2.24, 2.45) is 0 Å². The fourth-order valence-electron chi connectivity index (χ4n) is 2.81. The lowest BCUT2D eigenvalue weighted by molar-refractivity contribution is -0.114. The minimum Gasteiger partial charge on any atom is -0.457 e. The highest BCUT2D eigenvalue weighted by molar-refractivity contribution is 8.00. The van der Waals surface area contributed by atoms with Gasteiger partial charge >= 0.3 is 11.6 Å². The number of benzene rings is 2. The lowest BCUT2D eigenvalue weighted by Gasteiger charge is -2.11. The van der Waals surface area contributed by atoms with Crippen LogP contribution in [-0.2, 0) is 16.1 Å². The maximum Gasteiger partial charge on any atom is 0.339 e. The predicted octanol–water partition coefficient (Wildman–Crippen LogP) is 4.45. The van der Waals surface area contributed by atoms with E-state index in [0.29, 0.717) is 21.6 Å². The summed E-state index contributed by atoms with van der Waals surface area (Å²) < 4.78 is 10.8. The number of aryl methyl sites for hydroxylation is 2. The third-order valence-corrected chi connectivity index (χ3v) is 5.63. The van der Waals surface area contributed by atoms with Crippen molar-refractivity contribution in [1.82, 2.24) is 0 Å². The second-order valence-electron chi connectivity index (χ2n) is 6.54. The number of carbonyl (C=O) groups is 2. The molecule has 1 aromatic heterocycles. The van der Waals surface area contributed by atoms with Crippen LogP contribution >= 0.6 is 11.8 Å². The quantitative estimate of drug-likeness (QED) is 0.348. The van der Waals surface area contributed by atoms with Crippen molar-refractivity contribution in [2.45, 2.75) is 32.3 Å². The summed E-state index contributed by atoms with van der Waals surface area (Å²) in [6.07, 6.45) is 0. The number of rotatable bonds is 6. The highest BCUT2D eigenvalue weighted by Gasteiger charge is 2.15. The average molecular weight is 396 g/mol. The Balaban J connectivity index is 1.85. The Labute approximate surface area is 166 Å². The highest BCUT2D eigenvalue weighted by Crippen LogP contribution is 2.26. The van der Waals surface area contributed by atoms with E-state index in [4.69, 9.17) is 9.15 Å². The van der Waals surface area contributed by atoms with Crippen LogP contribution in [0.15, 0.2) is 56.6 Å². The zero-order valence-corrected chi connectivity index (χ0v) is 16.7. The molecule has 0 N–H and O–H groups in total. The number of hydrogen-bond acceptors (Lipinski definition) is 6. The molecule has 0 unspecified atom stereocenters. The van der Waals surface area contributed by atoms with Crippen LogP contribution in [0.25, 0.3) is 11.0 Å². The van der Waals surface area contributed by atoms with Crippen molar-refractivity contribution in [3.8, 4) is 0 Å². The zero-order chi connectivity index (χ0) is 20.3. The van der Waals surface area contributed by atoms with E-state index in [2.05, 4.69) is 0 Å². The van der Waals surface area contributed by atoms with E-state index in [1.807, 2.05) is 26.0 Å². The molecule has 0 aliphatic heterocycles. The average Bonchev–Trinajstić information content (AvgIpc) is 2.67. The van der Waals surface area contributed by atoms with Crippen LogP contribution in [0.5, 0.6) is 0 Å². The molecular formula is C22H20O5S. The van der Waals surface area contributed by atoms with E-state index in [1.54, 1.807) is 24.3 Å². The molecule has 0 saturated carbocycles. The van der Waals surface area contributed by atoms with E-state index < -0.39 is 11.6 Å². The van der Waals surface area contributed by atoms with Crippen molar-refractivity contribution in [3.63, 3.8) is 0 Å². The molecule has 0 bridgehead atoms. The second kappa shape index (κ2) is 8.44. The molecule has 0 aliphatic carbocycles. The van der Waals surface area contributed by atoms with Crippen LogP contribution in [0.3, 0.4) is 0 Å². The van der Waals surface area contributed by atoms with E-state index in [9.17, 15) is 14.4 Å². The standard InChI is InChI=1S/C22H20O5S/c1-13-8-9-17-16(10-20(24)27-21(17)15(13)3)11-26-22(25)18-6-4-5-7-19(18)28-12-14(2)23/h4-10H,11-12H2,1-3H3. The van der Waals surface area contributed by atoms with Crippen molar-refractivity contribution in [3.05, 3.63) is 75.1 Å². The molecule has 28 heavy (non-hydrogen) atoms. The smallest absolute Gasteiger partial charge is 0.339 e. The lowest BCUT2D eigenvalue weighted by Crippen LogP contribution is -2.09. The molecule has 0 fully saturated rings. The summed E-state index contributed by atoms with van der Waals surface area (Å²) in [5.74, 6) is -0.189. The normalized spacial score (nSPS) is 10.8. The summed E-state index contributed by atoms with van der Waals surface area (Å²) in [5, 5.41) is 0.745. The van der Waals surface area contributed by atoms with Gasteiger partial charge in [-0.25, -0.2) is 9.59 Å². The number of fused-ring (bicyclic) bond motifs is 1. The van der Waals surface area contributed by atoms with Gasteiger partial charge in [-0.3, -0.25) is 4.79 Å². The molecule has 0 saturated heterocycles. The Morgan fingerprint density at radius 2 is 1.86 bits per heavy atom. The van der Waals surface area contributed by atoms with Gasteiger partial charge in [0.1, 0.15) is 18.0 Å². The second-order valence-corrected chi connectivity index (χ2v) is 7.55. The van der Waals surface area contributed by atoms with E-state index in [-0.39, 0.29) is 18.1 Å². The zero-order valence-electron chi connectivity index (χ0n) is 15.9.